The van der Waals surface area contributed by atoms with Gasteiger partial charge in [-0.2, -0.15) is 0 Å². The van der Waals surface area contributed by atoms with E-state index in [1.165, 1.54) is 24.3 Å². The minimum Gasteiger partial charge on any atom is -0.454 e. The molecule has 8 nitrogen and oxygen atoms in total. The number of halogens is 1. The van der Waals surface area contributed by atoms with E-state index in [9.17, 15) is 19.3 Å². The van der Waals surface area contributed by atoms with Crippen LogP contribution in [0.15, 0.2) is 30.3 Å². The lowest BCUT2D eigenvalue weighted by atomic mass is 10.1. The van der Waals surface area contributed by atoms with Gasteiger partial charge in [0.2, 0.25) is 6.79 Å². The maximum Gasteiger partial charge on any atom is 0.286 e. The molecule has 0 aliphatic carbocycles. The molecule has 1 amide bonds. The smallest absolute Gasteiger partial charge is 0.286 e. The number of thiazole rings is 1. The Morgan fingerprint density at radius 1 is 1.28 bits per heavy atom. The van der Waals surface area contributed by atoms with E-state index in [1.807, 2.05) is 0 Å². The quantitative estimate of drug-likeness (QED) is 0.567. The van der Waals surface area contributed by atoms with Crippen molar-refractivity contribution in [1.82, 2.24) is 4.98 Å². The van der Waals surface area contributed by atoms with Gasteiger partial charge in [0, 0.05) is 6.07 Å². The lowest BCUT2D eigenvalue weighted by Crippen LogP contribution is -2.13. The van der Waals surface area contributed by atoms with Crippen molar-refractivity contribution in [3.05, 3.63) is 51.8 Å². The van der Waals surface area contributed by atoms with Crippen molar-refractivity contribution < 1.29 is 23.6 Å². The lowest BCUT2D eigenvalue weighted by Gasteiger charge is -2.04. The Bertz CT molecular complexity index is 1040. The van der Waals surface area contributed by atoms with E-state index in [-0.39, 0.29) is 29.0 Å². The van der Waals surface area contributed by atoms with Crippen LogP contribution in [0.25, 0.3) is 10.2 Å². The number of anilines is 1. The first-order valence-corrected chi connectivity index (χ1v) is 7.78. The third-order valence-electron chi connectivity index (χ3n) is 3.50. The summed E-state index contributed by atoms with van der Waals surface area (Å²) in [6, 6.07) is 6.44. The van der Waals surface area contributed by atoms with Crippen LogP contribution in [-0.4, -0.2) is 22.6 Å². The number of hydrogen-bond donors (Lipinski definition) is 1. The Balaban J connectivity index is 1.69. The first kappa shape index (κ1) is 15.3. The van der Waals surface area contributed by atoms with Crippen molar-refractivity contribution in [3.8, 4) is 11.5 Å². The molecule has 2 aromatic carbocycles. The summed E-state index contributed by atoms with van der Waals surface area (Å²) in [6.07, 6.45) is 0. The minimum absolute atomic E-state index is 0.0685. The summed E-state index contributed by atoms with van der Waals surface area (Å²) in [5.74, 6) is -0.675. The number of nitrogens with zero attached hydrogens (tertiary/aromatic N) is 2. The van der Waals surface area contributed by atoms with E-state index >= 15 is 0 Å². The molecule has 0 atom stereocenters. The molecule has 1 N–H and O–H groups in total. The van der Waals surface area contributed by atoms with E-state index in [4.69, 9.17) is 9.47 Å². The van der Waals surface area contributed by atoms with Crippen LogP contribution in [0.3, 0.4) is 0 Å². The zero-order chi connectivity index (χ0) is 17.6. The maximum absolute atomic E-state index is 13.2. The molecule has 1 aliphatic heterocycles. The minimum atomic E-state index is -0.718. The maximum atomic E-state index is 13.2. The number of carbonyl (C=O) groups is 1. The van der Waals surface area contributed by atoms with Gasteiger partial charge >= 0.3 is 0 Å². The predicted molar refractivity (Wildman–Crippen MR) is 86.8 cm³/mol. The molecule has 0 unspecified atom stereocenters. The summed E-state index contributed by atoms with van der Waals surface area (Å²) >= 11 is 1.07. The van der Waals surface area contributed by atoms with Crippen LogP contribution in [0.1, 0.15) is 10.4 Å². The molecular formula is C15H8FN3O5S. The Morgan fingerprint density at radius 2 is 2.04 bits per heavy atom. The molecule has 2 heterocycles. The number of nitro benzene ring substituents is 1. The van der Waals surface area contributed by atoms with E-state index < -0.39 is 22.3 Å². The van der Waals surface area contributed by atoms with Crippen LogP contribution in [-0.2, 0) is 0 Å². The fraction of sp³-hybridized carbons (Fsp3) is 0.0667. The van der Waals surface area contributed by atoms with E-state index in [1.54, 1.807) is 0 Å². The van der Waals surface area contributed by atoms with Gasteiger partial charge in [0.1, 0.15) is 11.4 Å². The Hall–Kier alpha value is -3.27. The topological polar surface area (TPSA) is 104 Å². The molecule has 0 spiro atoms. The highest BCUT2D eigenvalue weighted by Gasteiger charge is 2.27. The molecule has 1 aliphatic rings. The van der Waals surface area contributed by atoms with Gasteiger partial charge in [0.05, 0.1) is 21.2 Å². The van der Waals surface area contributed by atoms with Crippen molar-refractivity contribution in [2.75, 3.05) is 12.1 Å². The number of carbonyl (C=O) groups excluding carboxylic acids is 1. The molecule has 4 rings (SSSR count). The molecule has 0 radical (unpaired) electrons. The zero-order valence-corrected chi connectivity index (χ0v) is 13.1. The summed E-state index contributed by atoms with van der Waals surface area (Å²) in [5.41, 5.74) is -0.0736. The second-order valence-electron chi connectivity index (χ2n) is 5.06. The number of nitrogens with one attached hydrogen (secondary N) is 1. The number of amides is 1. The zero-order valence-electron chi connectivity index (χ0n) is 12.3. The van der Waals surface area contributed by atoms with Crippen molar-refractivity contribution >= 4 is 38.3 Å². The second-order valence-corrected chi connectivity index (χ2v) is 6.10. The van der Waals surface area contributed by atoms with E-state index in [0.29, 0.717) is 10.2 Å². The molecule has 25 heavy (non-hydrogen) atoms. The van der Waals surface area contributed by atoms with Gasteiger partial charge in [0.15, 0.2) is 16.6 Å². The fourth-order valence-corrected chi connectivity index (χ4v) is 3.27. The highest BCUT2D eigenvalue weighted by Crippen LogP contribution is 2.38. The summed E-state index contributed by atoms with van der Waals surface area (Å²) in [4.78, 5) is 27.2. The third-order valence-corrected chi connectivity index (χ3v) is 4.44. The number of ether oxygens (including phenoxy) is 2. The van der Waals surface area contributed by atoms with Gasteiger partial charge < -0.3 is 9.47 Å². The van der Waals surface area contributed by atoms with E-state index in [2.05, 4.69) is 10.3 Å². The van der Waals surface area contributed by atoms with Crippen molar-refractivity contribution in [2.24, 2.45) is 0 Å². The molecule has 10 heteroatoms. The van der Waals surface area contributed by atoms with Crippen LogP contribution >= 0.6 is 11.3 Å². The van der Waals surface area contributed by atoms with Crippen molar-refractivity contribution in [1.29, 1.82) is 0 Å². The molecule has 0 saturated heterocycles. The largest absolute Gasteiger partial charge is 0.454 e. The molecule has 1 aromatic heterocycles. The molecule has 0 bridgehead atoms. The molecular weight excluding hydrogens is 353 g/mol. The van der Waals surface area contributed by atoms with E-state index in [0.717, 1.165) is 17.4 Å². The van der Waals surface area contributed by atoms with Crippen molar-refractivity contribution in [3.63, 3.8) is 0 Å². The Labute approximate surface area is 143 Å². The van der Waals surface area contributed by atoms with Gasteiger partial charge in [-0.25, -0.2) is 9.37 Å². The highest BCUT2D eigenvalue weighted by atomic mass is 32.1. The van der Waals surface area contributed by atoms with Crippen molar-refractivity contribution in [2.45, 2.75) is 0 Å². The summed E-state index contributed by atoms with van der Waals surface area (Å²) in [7, 11) is 0. The van der Waals surface area contributed by atoms with Crippen LogP contribution in [0, 0.1) is 15.9 Å². The lowest BCUT2D eigenvalue weighted by molar-refractivity contribution is -0.385. The van der Waals surface area contributed by atoms with Gasteiger partial charge in [-0.1, -0.05) is 11.3 Å². The number of benzene rings is 2. The first-order valence-electron chi connectivity index (χ1n) is 6.97. The summed E-state index contributed by atoms with van der Waals surface area (Å²) < 4.78 is 24.0. The average Bonchev–Trinajstić information content (AvgIpc) is 3.18. The van der Waals surface area contributed by atoms with Crippen LogP contribution in [0.5, 0.6) is 11.5 Å². The number of fused-ring (bicyclic) bond motifs is 2. The first-order chi connectivity index (χ1) is 12.0. The normalized spacial score (nSPS) is 12.4. The number of rotatable bonds is 3. The van der Waals surface area contributed by atoms with Crippen LogP contribution in [0.4, 0.5) is 15.2 Å². The van der Waals surface area contributed by atoms with Gasteiger partial charge in [-0.05, 0) is 18.2 Å². The summed E-state index contributed by atoms with van der Waals surface area (Å²) in [5, 5.41) is 13.9. The highest BCUT2D eigenvalue weighted by molar-refractivity contribution is 7.22. The molecule has 3 aromatic rings. The second kappa shape index (κ2) is 5.67. The number of nitro groups is 1. The number of hydrogen-bond acceptors (Lipinski definition) is 7. The Kier molecular flexibility index (Phi) is 3.46. The third kappa shape index (κ3) is 2.72. The number of aromatic nitrogens is 1. The van der Waals surface area contributed by atoms with Gasteiger partial charge in [-0.15, -0.1) is 0 Å². The fourth-order valence-electron chi connectivity index (χ4n) is 2.38. The van der Waals surface area contributed by atoms with Crippen LogP contribution in [0.2, 0.25) is 0 Å². The molecule has 0 saturated carbocycles. The molecule has 126 valence electrons. The van der Waals surface area contributed by atoms with Gasteiger partial charge in [-0.3, -0.25) is 20.2 Å². The van der Waals surface area contributed by atoms with Crippen LogP contribution < -0.4 is 14.8 Å². The predicted octanol–water partition coefficient (Wildman–Crippen LogP) is 3.32. The SMILES string of the molecule is O=C(Nc1nc2ccc(F)cc2s1)c1cc2c(cc1[N+](=O)[O-])OCO2. The Morgan fingerprint density at radius 3 is 2.80 bits per heavy atom. The average molecular weight is 361 g/mol. The standard InChI is InChI=1S/C15H8FN3O5S/c16-7-1-2-9-13(3-7)25-15(17-9)18-14(20)8-4-11-12(24-6-23-11)5-10(8)19(21)22/h1-5H,6H2,(H,17,18,20). The molecule has 0 fully saturated rings. The monoisotopic (exact) mass is 361 g/mol. The summed E-state index contributed by atoms with van der Waals surface area (Å²) in [6.45, 7) is -0.0685. The van der Waals surface area contributed by atoms with Gasteiger partial charge in [0.25, 0.3) is 11.6 Å².